The Balaban J connectivity index is 2.24. The van der Waals surface area contributed by atoms with Gasteiger partial charge in [0.15, 0.2) is 5.82 Å². The normalized spacial score (nSPS) is 10.9. The second-order valence-corrected chi connectivity index (χ2v) is 6.93. The summed E-state index contributed by atoms with van der Waals surface area (Å²) in [5.41, 5.74) is 7.42. The third-order valence-corrected chi connectivity index (χ3v) is 4.77. The van der Waals surface area contributed by atoms with Crippen LogP contribution in [0.3, 0.4) is 0 Å². The Kier molecular flexibility index (Phi) is 3.54. The van der Waals surface area contributed by atoms with E-state index in [1.165, 1.54) is 17.4 Å². The predicted molar refractivity (Wildman–Crippen MR) is 84.4 cm³/mol. The zero-order chi connectivity index (χ0) is 14.3. The summed E-state index contributed by atoms with van der Waals surface area (Å²) in [6, 6.07) is 8.64. The third-order valence-electron chi connectivity index (χ3n) is 2.83. The molecule has 0 saturated carbocycles. The van der Waals surface area contributed by atoms with Crippen LogP contribution in [-0.2, 0) is 0 Å². The number of nitrogens with one attached hydrogen (secondary N) is 1. The average molecular weight is 373 g/mol. The van der Waals surface area contributed by atoms with Crippen LogP contribution in [-0.4, -0.2) is 10.2 Å². The molecule has 3 rings (SSSR count). The van der Waals surface area contributed by atoms with Crippen LogP contribution in [0.2, 0.25) is 5.02 Å². The number of H-pyrrole nitrogens is 1. The number of aromatic amines is 1. The number of rotatable bonds is 2. The summed E-state index contributed by atoms with van der Waals surface area (Å²) in [5, 5.41) is 6.89. The van der Waals surface area contributed by atoms with E-state index in [0.717, 1.165) is 8.66 Å². The van der Waals surface area contributed by atoms with Gasteiger partial charge in [0.05, 0.1) is 24.9 Å². The monoisotopic (exact) mass is 371 g/mol. The van der Waals surface area contributed by atoms with Crippen LogP contribution in [0.25, 0.3) is 21.7 Å². The maximum atomic E-state index is 14.2. The van der Waals surface area contributed by atoms with Crippen LogP contribution in [0.4, 0.5) is 10.2 Å². The topological polar surface area (TPSA) is 54.7 Å². The van der Waals surface area contributed by atoms with Gasteiger partial charge in [-0.3, -0.25) is 5.10 Å². The molecule has 0 radical (unpaired) electrons. The largest absolute Gasteiger partial charge is 0.382 e. The molecule has 20 heavy (non-hydrogen) atoms. The summed E-state index contributed by atoms with van der Waals surface area (Å²) in [4.78, 5) is 0.912. The lowest BCUT2D eigenvalue weighted by atomic mass is 10.0. The first-order valence-corrected chi connectivity index (χ1v) is 7.60. The lowest BCUT2D eigenvalue weighted by molar-refractivity contribution is 0.632. The molecule has 0 aliphatic heterocycles. The van der Waals surface area contributed by atoms with Crippen LogP contribution in [0.15, 0.2) is 34.1 Å². The Bertz CT molecular complexity index is 784. The molecule has 0 bridgehead atoms. The van der Waals surface area contributed by atoms with Gasteiger partial charge in [0.2, 0.25) is 0 Å². The van der Waals surface area contributed by atoms with Crippen molar-refractivity contribution in [1.82, 2.24) is 10.2 Å². The summed E-state index contributed by atoms with van der Waals surface area (Å²) in [6.07, 6.45) is 0. The van der Waals surface area contributed by atoms with Gasteiger partial charge in [-0.15, -0.1) is 11.3 Å². The average Bonchev–Trinajstić information content (AvgIpc) is 2.99. The highest BCUT2D eigenvalue weighted by Crippen LogP contribution is 2.40. The van der Waals surface area contributed by atoms with Crippen LogP contribution < -0.4 is 5.73 Å². The van der Waals surface area contributed by atoms with Gasteiger partial charge in [-0.2, -0.15) is 5.10 Å². The Morgan fingerprint density at radius 1 is 1.30 bits per heavy atom. The second-order valence-electron chi connectivity index (χ2n) is 4.06. The van der Waals surface area contributed by atoms with Gasteiger partial charge in [0.25, 0.3) is 0 Å². The number of hydrogen-bond donors (Lipinski definition) is 2. The molecule has 0 amide bonds. The molecule has 102 valence electrons. The summed E-state index contributed by atoms with van der Waals surface area (Å²) in [5.74, 6) is -0.259. The smallest absolute Gasteiger partial charge is 0.153 e. The number of nitrogen functional groups attached to an aromatic ring is 1. The zero-order valence-electron chi connectivity index (χ0n) is 9.95. The molecule has 2 aromatic heterocycles. The molecule has 3 nitrogen and oxygen atoms in total. The van der Waals surface area contributed by atoms with Crippen molar-refractivity contribution >= 4 is 44.7 Å². The van der Waals surface area contributed by atoms with Gasteiger partial charge < -0.3 is 5.73 Å². The number of benzene rings is 1. The zero-order valence-corrected chi connectivity index (χ0v) is 13.1. The van der Waals surface area contributed by atoms with Crippen molar-refractivity contribution in [2.45, 2.75) is 0 Å². The third kappa shape index (κ3) is 2.24. The molecule has 7 heteroatoms. The lowest BCUT2D eigenvalue weighted by Gasteiger charge is -2.05. The summed E-state index contributed by atoms with van der Waals surface area (Å²) < 4.78 is 15.2. The van der Waals surface area contributed by atoms with Crippen molar-refractivity contribution in [2.24, 2.45) is 0 Å². The van der Waals surface area contributed by atoms with Crippen molar-refractivity contribution in [3.05, 3.63) is 45.0 Å². The Hall–Kier alpha value is -1.37. The molecular formula is C13H8BrClFN3S. The van der Waals surface area contributed by atoms with Gasteiger partial charge in [-0.25, -0.2) is 4.39 Å². The molecule has 2 heterocycles. The van der Waals surface area contributed by atoms with E-state index in [2.05, 4.69) is 26.1 Å². The van der Waals surface area contributed by atoms with E-state index in [-0.39, 0.29) is 10.8 Å². The maximum absolute atomic E-state index is 14.2. The summed E-state index contributed by atoms with van der Waals surface area (Å²) >= 11 is 10.7. The van der Waals surface area contributed by atoms with Crippen LogP contribution in [0.1, 0.15) is 0 Å². The number of hydrogen-bond acceptors (Lipinski definition) is 3. The molecule has 0 saturated heterocycles. The van der Waals surface area contributed by atoms with Crippen LogP contribution >= 0.6 is 38.9 Å². The van der Waals surface area contributed by atoms with E-state index in [1.807, 2.05) is 12.1 Å². The van der Waals surface area contributed by atoms with Crippen LogP contribution in [0, 0.1) is 5.82 Å². The molecule has 0 aliphatic carbocycles. The van der Waals surface area contributed by atoms with E-state index in [9.17, 15) is 4.39 Å². The van der Waals surface area contributed by atoms with Gasteiger partial charge in [-0.1, -0.05) is 23.7 Å². The predicted octanol–water partition coefficient (Wildman–Crippen LogP) is 4.94. The van der Waals surface area contributed by atoms with Gasteiger partial charge in [0, 0.05) is 5.56 Å². The SMILES string of the molecule is Nc1n[nH]c(-c2ccc(Br)s2)c1-c1cccc(Cl)c1F. The van der Waals surface area contributed by atoms with E-state index >= 15 is 0 Å². The van der Waals surface area contributed by atoms with E-state index in [0.29, 0.717) is 16.8 Å². The quantitative estimate of drug-likeness (QED) is 0.669. The molecule has 1 aromatic carbocycles. The van der Waals surface area contributed by atoms with Crippen molar-refractivity contribution in [2.75, 3.05) is 5.73 Å². The summed E-state index contributed by atoms with van der Waals surface area (Å²) in [6.45, 7) is 0. The number of nitrogens with zero attached hydrogens (tertiary/aromatic N) is 1. The fourth-order valence-electron chi connectivity index (χ4n) is 1.95. The first-order valence-electron chi connectivity index (χ1n) is 5.62. The highest BCUT2D eigenvalue weighted by Gasteiger charge is 2.20. The van der Waals surface area contributed by atoms with Crippen molar-refractivity contribution < 1.29 is 4.39 Å². The second kappa shape index (κ2) is 5.20. The first-order chi connectivity index (χ1) is 9.58. The van der Waals surface area contributed by atoms with Crippen molar-refractivity contribution in [1.29, 1.82) is 0 Å². The minimum Gasteiger partial charge on any atom is -0.382 e. The Morgan fingerprint density at radius 2 is 2.10 bits per heavy atom. The molecule has 0 spiro atoms. The molecular weight excluding hydrogens is 365 g/mol. The van der Waals surface area contributed by atoms with E-state index in [1.54, 1.807) is 12.1 Å². The Labute approximate surface area is 131 Å². The number of aromatic nitrogens is 2. The van der Waals surface area contributed by atoms with Gasteiger partial charge >= 0.3 is 0 Å². The number of anilines is 1. The molecule has 0 aliphatic rings. The van der Waals surface area contributed by atoms with Crippen molar-refractivity contribution in [3.63, 3.8) is 0 Å². The molecule has 3 aromatic rings. The molecule has 3 N–H and O–H groups in total. The first kappa shape index (κ1) is 13.6. The highest BCUT2D eigenvalue weighted by atomic mass is 79.9. The number of halogens is 3. The Morgan fingerprint density at radius 3 is 2.80 bits per heavy atom. The molecule has 0 fully saturated rings. The minimum absolute atomic E-state index is 0.0569. The molecule has 0 unspecified atom stereocenters. The fraction of sp³-hybridized carbons (Fsp3) is 0. The number of nitrogens with two attached hydrogens (primary N) is 1. The van der Waals surface area contributed by atoms with Crippen molar-refractivity contribution in [3.8, 4) is 21.7 Å². The van der Waals surface area contributed by atoms with E-state index < -0.39 is 5.82 Å². The summed E-state index contributed by atoms with van der Waals surface area (Å²) in [7, 11) is 0. The van der Waals surface area contributed by atoms with Gasteiger partial charge in [-0.05, 0) is 34.1 Å². The maximum Gasteiger partial charge on any atom is 0.153 e. The lowest BCUT2D eigenvalue weighted by Crippen LogP contribution is -1.91. The highest BCUT2D eigenvalue weighted by molar-refractivity contribution is 9.11. The van der Waals surface area contributed by atoms with Crippen LogP contribution in [0.5, 0.6) is 0 Å². The van der Waals surface area contributed by atoms with Gasteiger partial charge in [0.1, 0.15) is 5.82 Å². The number of thiophene rings is 1. The fourth-order valence-corrected chi connectivity index (χ4v) is 3.51. The standard InChI is InChI=1S/C13H8BrClFN3S/c14-9-5-4-8(20-9)12-10(13(17)19-18-12)6-2-1-3-7(15)11(6)16/h1-5H,(H3,17,18,19). The van der Waals surface area contributed by atoms with E-state index in [4.69, 9.17) is 17.3 Å². The molecule has 0 atom stereocenters. The minimum atomic E-state index is -0.501.